The van der Waals surface area contributed by atoms with Crippen molar-refractivity contribution in [2.24, 2.45) is 0 Å². The zero-order chi connectivity index (χ0) is 30.1. The first kappa shape index (κ1) is 28.5. The summed E-state index contributed by atoms with van der Waals surface area (Å²) in [5.74, 6) is 0.643. The third kappa shape index (κ3) is 6.71. The Hall–Kier alpha value is -5.62. The van der Waals surface area contributed by atoms with Crippen molar-refractivity contribution >= 4 is 33.4 Å². The van der Waals surface area contributed by atoms with Crippen molar-refractivity contribution in [3.05, 3.63) is 157 Å². The van der Waals surface area contributed by atoms with Crippen LogP contribution in [0.3, 0.4) is 0 Å². The van der Waals surface area contributed by atoms with Gasteiger partial charge < -0.3 is 20.1 Å². The molecule has 6 rings (SSSR count). The number of hydrogen-bond donors (Lipinski definition) is 2. The molecule has 0 fully saturated rings. The first-order valence-electron chi connectivity index (χ1n) is 14.6. The van der Waals surface area contributed by atoms with E-state index in [0.29, 0.717) is 11.5 Å². The Kier molecular flexibility index (Phi) is 8.79. The molecule has 2 N–H and O–H groups in total. The molecule has 0 aliphatic carbocycles. The minimum absolute atomic E-state index is 0.184. The van der Waals surface area contributed by atoms with Crippen LogP contribution in [0.5, 0.6) is 11.5 Å². The van der Waals surface area contributed by atoms with Gasteiger partial charge in [-0.3, -0.25) is 9.59 Å². The van der Waals surface area contributed by atoms with Gasteiger partial charge in [-0.05, 0) is 34.0 Å². The highest BCUT2D eigenvalue weighted by Gasteiger charge is 2.28. The molecule has 2 atom stereocenters. The number of hydrogen-bond acceptors (Lipinski definition) is 4. The average Bonchev–Trinajstić information content (AvgIpc) is 3.08. The quantitative estimate of drug-likeness (QED) is 0.170. The van der Waals surface area contributed by atoms with E-state index in [4.69, 9.17) is 9.47 Å². The van der Waals surface area contributed by atoms with Gasteiger partial charge in [-0.25, -0.2) is 0 Å². The van der Waals surface area contributed by atoms with Crippen LogP contribution in [0.15, 0.2) is 146 Å². The molecule has 0 unspecified atom stereocenters. The Morgan fingerprint density at radius 1 is 0.455 bits per heavy atom. The lowest BCUT2D eigenvalue weighted by Gasteiger charge is -2.30. The fraction of sp³-hybridized carbons (Fsp3) is 0.105. The van der Waals surface area contributed by atoms with Gasteiger partial charge >= 0.3 is 0 Å². The van der Waals surface area contributed by atoms with Crippen LogP contribution in [0, 0.1) is 0 Å². The Morgan fingerprint density at radius 2 is 0.818 bits per heavy atom. The summed E-state index contributed by atoms with van der Waals surface area (Å²) >= 11 is 0. The number of rotatable bonds is 11. The maximum absolute atomic E-state index is 13.4. The van der Waals surface area contributed by atoms with E-state index in [1.54, 1.807) is 0 Å². The van der Waals surface area contributed by atoms with Crippen LogP contribution in [-0.4, -0.2) is 25.0 Å². The van der Waals surface area contributed by atoms with Crippen molar-refractivity contribution in [1.82, 2.24) is 10.6 Å². The monoisotopic (exact) mass is 580 g/mol. The van der Waals surface area contributed by atoms with Crippen LogP contribution in [0.25, 0.3) is 21.5 Å². The maximum Gasteiger partial charge on any atom is 0.258 e. The molecular weight excluding hydrogens is 548 g/mol. The molecule has 0 aliphatic heterocycles. The van der Waals surface area contributed by atoms with Crippen molar-refractivity contribution in [3.63, 3.8) is 0 Å². The molecule has 6 aromatic rings. The summed E-state index contributed by atoms with van der Waals surface area (Å²) in [6, 6.07) is 45.4. The van der Waals surface area contributed by atoms with Gasteiger partial charge in [0.05, 0.1) is 12.1 Å². The smallest absolute Gasteiger partial charge is 0.258 e. The van der Waals surface area contributed by atoms with Gasteiger partial charge in [0.1, 0.15) is 11.5 Å². The summed E-state index contributed by atoms with van der Waals surface area (Å²) in [5, 5.41) is 10.2. The Balaban J connectivity index is 1.22. The van der Waals surface area contributed by atoms with Crippen LogP contribution in [0.2, 0.25) is 0 Å². The number of carbonyl (C=O) groups is 2. The number of nitrogens with one attached hydrogen (secondary N) is 2. The first-order valence-corrected chi connectivity index (χ1v) is 14.6. The molecule has 0 aliphatic rings. The molecule has 6 aromatic carbocycles. The third-order valence-electron chi connectivity index (χ3n) is 7.50. The van der Waals surface area contributed by atoms with Crippen molar-refractivity contribution in [3.8, 4) is 11.5 Å². The molecule has 0 heterocycles. The fourth-order valence-corrected chi connectivity index (χ4v) is 5.40. The molecule has 2 amide bonds. The molecule has 0 saturated heterocycles. The molecule has 0 saturated carbocycles. The Morgan fingerprint density at radius 3 is 1.25 bits per heavy atom. The van der Waals surface area contributed by atoms with E-state index in [9.17, 15) is 9.59 Å². The normalized spacial score (nSPS) is 12.3. The van der Waals surface area contributed by atoms with Gasteiger partial charge in [-0.1, -0.05) is 133 Å². The minimum Gasteiger partial charge on any atom is -0.483 e. The molecule has 6 nitrogen and oxygen atoms in total. The molecule has 0 spiro atoms. The Bertz CT molecular complexity index is 1730. The second kappa shape index (κ2) is 13.6. The van der Waals surface area contributed by atoms with Gasteiger partial charge in [0.25, 0.3) is 11.8 Å². The predicted molar refractivity (Wildman–Crippen MR) is 174 cm³/mol. The van der Waals surface area contributed by atoms with E-state index in [1.165, 1.54) is 0 Å². The highest BCUT2D eigenvalue weighted by molar-refractivity contribution is 5.89. The van der Waals surface area contributed by atoms with Gasteiger partial charge in [-0.2, -0.15) is 0 Å². The predicted octanol–water partition coefficient (Wildman–Crippen LogP) is 7.17. The largest absolute Gasteiger partial charge is 0.483 e. The second-order valence-electron chi connectivity index (χ2n) is 10.4. The zero-order valence-corrected chi connectivity index (χ0v) is 24.1. The van der Waals surface area contributed by atoms with Gasteiger partial charge in [0, 0.05) is 10.8 Å². The standard InChI is InChI=1S/C38H32N2O4/c41-35(25-43-33-23-11-19-27-13-7-9-21-31(27)33)39-37(29-15-3-1-4-16-29)38(30-17-5-2-6-18-30)40-36(42)26-44-34-24-12-20-28-14-8-10-22-32(28)34/h1-24,37-38H,25-26H2,(H,39,41)(H,40,42)/t37-,38-/m1/s1. The van der Waals surface area contributed by atoms with Gasteiger partial charge in [0.15, 0.2) is 13.2 Å². The molecule has 44 heavy (non-hydrogen) atoms. The summed E-state index contributed by atoms with van der Waals surface area (Å²) in [6.07, 6.45) is 0. The van der Waals surface area contributed by atoms with Crippen molar-refractivity contribution in [2.45, 2.75) is 12.1 Å². The van der Waals surface area contributed by atoms with Crippen LogP contribution >= 0.6 is 0 Å². The summed E-state index contributed by atoms with van der Waals surface area (Å²) in [6.45, 7) is -0.367. The van der Waals surface area contributed by atoms with E-state index in [0.717, 1.165) is 32.7 Å². The lowest BCUT2D eigenvalue weighted by atomic mass is 9.93. The minimum atomic E-state index is -0.580. The maximum atomic E-state index is 13.4. The van der Waals surface area contributed by atoms with Gasteiger partial charge in [0.2, 0.25) is 0 Å². The third-order valence-corrected chi connectivity index (χ3v) is 7.50. The van der Waals surface area contributed by atoms with Crippen LogP contribution < -0.4 is 20.1 Å². The number of ether oxygens (including phenoxy) is 2. The molecular formula is C38H32N2O4. The van der Waals surface area contributed by atoms with E-state index in [-0.39, 0.29) is 25.0 Å². The lowest BCUT2D eigenvalue weighted by molar-refractivity contribution is -0.126. The molecule has 0 bridgehead atoms. The van der Waals surface area contributed by atoms with Crippen LogP contribution in [-0.2, 0) is 9.59 Å². The number of carbonyl (C=O) groups excluding carboxylic acids is 2. The van der Waals surface area contributed by atoms with Crippen molar-refractivity contribution < 1.29 is 19.1 Å². The fourth-order valence-electron chi connectivity index (χ4n) is 5.40. The summed E-state index contributed by atoms with van der Waals surface area (Å²) in [5.41, 5.74) is 1.69. The highest BCUT2D eigenvalue weighted by Crippen LogP contribution is 2.30. The summed E-state index contributed by atoms with van der Waals surface area (Å²) in [7, 11) is 0. The second-order valence-corrected chi connectivity index (χ2v) is 10.4. The number of amides is 2. The SMILES string of the molecule is O=C(COc1cccc2ccccc12)N[C@H](c1ccccc1)[C@H](NC(=O)COc1cccc2ccccc12)c1ccccc1. The average molecular weight is 581 g/mol. The molecule has 218 valence electrons. The molecule has 0 radical (unpaired) electrons. The van der Waals surface area contributed by atoms with Gasteiger partial charge in [-0.15, -0.1) is 0 Å². The summed E-state index contributed by atoms with van der Waals surface area (Å²) < 4.78 is 12.0. The lowest BCUT2D eigenvalue weighted by Crippen LogP contribution is -2.43. The zero-order valence-electron chi connectivity index (χ0n) is 24.1. The van der Waals surface area contributed by atoms with Crippen molar-refractivity contribution in [2.75, 3.05) is 13.2 Å². The topological polar surface area (TPSA) is 76.7 Å². The number of fused-ring (bicyclic) bond motifs is 2. The van der Waals surface area contributed by atoms with E-state index >= 15 is 0 Å². The highest BCUT2D eigenvalue weighted by atomic mass is 16.5. The van der Waals surface area contributed by atoms with Crippen molar-refractivity contribution in [1.29, 1.82) is 0 Å². The Labute approximate surface area is 256 Å². The molecule has 0 aromatic heterocycles. The molecule has 6 heteroatoms. The van der Waals surface area contributed by atoms with E-state index < -0.39 is 12.1 Å². The number of benzene rings is 6. The van der Waals surface area contributed by atoms with Crippen LogP contribution in [0.4, 0.5) is 0 Å². The summed E-state index contributed by atoms with van der Waals surface area (Å²) in [4.78, 5) is 26.8. The van der Waals surface area contributed by atoms with E-state index in [1.807, 2.05) is 146 Å². The van der Waals surface area contributed by atoms with E-state index in [2.05, 4.69) is 10.6 Å². The van der Waals surface area contributed by atoms with Crippen LogP contribution in [0.1, 0.15) is 23.2 Å². The first-order chi connectivity index (χ1) is 21.7.